The van der Waals surface area contributed by atoms with Crippen LogP contribution in [-0.4, -0.2) is 24.4 Å². The minimum atomic E-state index is 0.213. The first-order chi connectivity index (χ1) is 3.79. The molecule has 0 N–H and O–H groups in total. The van der Waals surface area contributed by atoms with Crippen LogP contribution in [0.25, 0.3) is 0 Å². The lowest BCUT2D eigenvalue weighted by Gasteiger charge is -1.75. The van der Waals surface area contributed by atoms with E-state index < -0.39 is 0 Å². The van der Waals surface area contributed by atoms with Crippen molar-refractivity contribution < 1.29 is 9.47 Å². The van der Waals surface area contributed by atoms with E-state index in [0.717, 1.165) is 0 Å². The molecule has 8 heavy (non-hydrogen) atoms. The largest absolute Gasteiger partial charge is 0.367 e. The Bertz CT molecular complexity index is 99.1. The first-order valence-corrected chi connectivity index (χ1v) is 2.93. The van der Waals surface area contributed by atoms with Crippen LogP contribution in [0, 0.1) is 6.92 Å². The molecule has 2 heterocycles. The Hall–Kier alpha value is -0.0800. The van der Waals surface area contributed by atoms with Crippen molar-refractivity contribution in [2.75, 3.05) is 0 Å². The third kappa shape index (κ3) is 0.565. The van der Waals surface area contributed by atoms with Crippen LogP contribution in [0.15, 0.2) is 0 Å². The van der Waals surface area contributed by atoms with Crippen molar-refractivity contribution in [3.05, 3.63) is 6.92 Å². The minimum Gasteiger partial charge on any atom is -0.367 e. The Kier molecular flexibility index (Phi) is 0.746. The average molecular weight is 113 g/mol. The maximum atomic E-state index is 5.15. The summed E-state index contributed by atoms with van der Waals surface area (Å²) in [6, 6.07) is 0. The molecule has 45 valence electrons. The fourth-order valence-electron chi connectivity index (χ4n) is 0.993. The molecule has 0 aromatic carbocycles. The van der Waals surface area contributed by atoms with E-state index in [1.165, 1.54) is 0 Å². The number of hydrogen-bond donors (Lipinski definition) is 0. The molecule has 0 aromatic heterocycles. The summed E-state index contributed by atoms with van der Waals surface area (Å²) in [5.74, 6) is 0. The van der Waals surface area contributed by atoms with Crippen LogP contribution >= 0.6 is 0 Å². The summed E-state index contributed by atoms with van der Waals surface area (Å²) in [4.78, 5) is 0. The number of epoxide rings is 2. The SMILES string of the molecule is [CH2]C1OC1C1OC1C. The highest BCUT2D eigenvalue weighted by atomic mass is 16.7. The van der Waals surface area contributed by atoms with Gasteiger partial charge < -0.3 is 9.47 Å². The highest BCUT2D eigenvalue weighted by molar-refractivity contribution is 5.01. The molecule has 4 atom stereocenters. The van der Waals surface area contributed by atoms with Crippen LogP contribution in [0.1, 0.15) is 6.92 Å². The summed E-state index contributed by atoms with van der Waals surface area (Å²) in [5.41, 5.74) is 0. The van der Waals surface area contributed by atoms with Crippen molar-refractivity contribution >= 4 is 0 Å². The maximum Gasteiger partial charge on any atom is 0.113 e. The van der Waals surface area contributed by atoms with Gasteiger partial charge in [-0.1, -0.05) is 0 Å². The molecule has 0 amide bonds. The van der Waals surface area contributed by atoms with Crippen molar-refractivity contribution in [1.82, 2.24) is 0 Å². The number of hydrogen-bond acceptors (Lipinski definition) is 2. The van der Waals surface area contributed by atoms with Crippen molar-refractivity contribution in [3.8, 4) is 0 Å². The second-order valence-corrected chi connectivity index (χ2v) is 2.44. The molecule has 0 aromatic rings. The van der Waals surface area contributed by atoms with Crippen LogP contribution in [-0.2, 0) is 9.47 Å². The lowest BCUT2D eigenvalue weighted by molar-refractivity contribution is 0.313. The molecule has 2 nitrogen and oxygen atoms in total. The summed E-state index contributed by atoms with van der Waals surface area (Å²) in [7, 11) is 0. The van der Waals surface area contributed by atoms with E-state index >= 15 is 0 Å². The molecule has 0 aliphatic carbocycles. The Morgan fingerprint density at radius 3 is 1.88 bits per heavy atom. The van der Waals surface area contributed by atoms with Crippen LogP contribution < -0.4 is 0 Å². The molecule has 2 heteroatoms. The van der Waals surface area contributed by atoms with Gasteiger partial charge in [0.2, 0.25) is 0 Å². The smallest absolute Gasteiger partial charge is 0.113 e. The molecule has 4 unspecified atom stereocenters. The van der Waals surface area contributed by atoms with Crippen molar-refractivity contribution in [1.29, 1.82) is 0 Å². The normalized spacial score (nSPS) is 60.8. The average Bonchev–Trinajstić information content (AvgIpc) is 2.47. The first-order valence-electron chi connectivity index (χ1n) is 2.93. The van der Waals surface area contributed by atoms with Gasteiger partial charge in [-0.2, -0.15) is 0 Å². The summed E-state index contributed by atoms with van der Waals surface area (Å²) >= 11 is 0. The second kappa shape index (κ2) is 1.25. The third-order valence-corrected chi connectivity index (χ3v) is 1.70. The van der Waals surface area contributed by atoms with Gasteiger partial charge in [0, 0.05) is 0 Å². The van der Waals surface area contributed by atoms with E-state index in [4.69, 9.17) is 9.47 Å². The van der Waals surface area contributed by atoms with Gasteiger partial charge in [-0.3, -0.25) is 0 Å². The van der Waals surface area contributed by atoms with Gasteiger partial charge in [-0.15, -0.1) is 0 Å². The van der Waals surface area contributed by atoms with Gasteiger partial charge >= 0.3 is 0 Å². The van der Waals surface area contributed by atoms with Gasteiger partial charge in [-0.25, -0.2) is 0 Å². The zero-order valence-electron chi connectivity index (χ0n) is 4.83. The predicted octanol–water partition coefficient (Wildman–Crippen LogP) is 0.375. The fraction of sp³-hybridized carbons (Fsp3) is 0.833. The van der Waals surface area contributed by atoms with Crippen molar-refractivity contribution in [2.24, 2.45) is 0 Å². The first kappa shape index (κ1) is 4.77. The lowest BCUT2D eigenvalue weighted by Crippen LogP contribution is -2.01. The minimum absolute atomic E-state index is 0.213. The van der Waals surface area contributed by atoms with Crippen molar-refractivity contribution in [3.63, 3.8) is 0 Å². The molecule has 1 radical (unpaired) electrons. The summed E-state index contributed by atoms with van der Waals surface area (Å²) in [6.45, 7) is 5.78. The highest BCUT2D eigenvalue weighted by Gasteiger charge is 2.53. The van der Waals surface area contributed by atoms with E-state index in [0.29, 0.717) is 18.3 Å². The molecule has 2 rings (SSSR count). The van der Waals surface area contributed by atoms with E-state index in [9.17, 15) is 0 Å². The highest BCUT2D eigenvalue weighted by Crippen LogP contribution is 2.37. The lowest BCUT2D eigenvalue weighted by atomic mass is 10.2. The van der Waals surface area contributed by atoms with E-state index in [1.807, 2.05) is 0 Å². The zero-order valence-corrected chi connectivity index (χ0v) is 4.83. The van der Waals surface area contributed by atoms with Gasteiger partial charge in [0.15, 0.2) is 0 Å². The molecule has 0 bridgehead atoms. The fourth-order valence-corrected chi connectivity index (χ4v) is 0.993. The summed E-state index contributed by atoms with van der Waals surface area (Å²) in [5, 5.41) is 0. The zero-order chi connectivity index (χ0) is 5.72. The molecule has 2 aliphatic heterocycles. The monoisotopic (exact) mass is 113 g/mol. The summed E-state index contributed by atoms with van der Waals surface area (Å²) < 4.78 is 10.2. The predicted molar refractivity (Wildman–Crippen MR) is 28.4 cm³/mol. The number of ether oxygens (including phenoxy) is 2. The molecule has 0 saturated carbocycles. The third-order valence-electron chi connectivity index (χ3n) is 1.70. The Labute approximate surface area is 48.8 Å². The maximum absolute atomic E-state index is 5.15. The molecular formula is C6H9O2. The van der Waals surface area contributed by atoms with Gasteiger partial charge in [0.05, 0.1) is 12.2 Å². The topological polar surface area (TPSA) is 25.1 Å². The van der Waals surface area contributed by atoms with Crippen LogP contribution in [0.4, 0.5) is 0 Å². The molecule has 2 saturated heterocycles. The standard InChI is InChI=1S/C6H9O2/c1-3-5(7-3)6-4(2)8-6/h3-6H,1H2,2H3. The van der Waals surface area contributed by atoms with E-state index in [1.54, 1.807) is 0 Å². The quantitative estimate of drug-likeness (QED) is 0.459. The second-order valence-electron chi connectivity index (χ2n) is 2.44. The molecular weight excluding hydrogens is 104 g/mol. The summed E-state index contributed by atoms with van der Waals surface area (Å²) in [6.07, 6.45) is 1.33. The van der Waals surface area contributed by atoms with Crippen molar-refractivity contribution in [2.45, 2.75) is 31.3 Å². The molecule has 0 spiro atoms. The Morgan fingerprint density at radius 1 is 1.25 bits per heavy atom. The molecule has 2 fully saturated rings. The van der Waals surface area contributed by atoms with Crippen LogP contribution in [0.3, 0.4) is 0 Å². The Morgan fingerprint density at radius 2 is 1.75 bits per heavy atom. The van der Waals surface area contributed by atoms with Gasteiger partial charge in [0.1, 0.15) is 12.2 Å². The number of rotatable bonds is 1. The van der Waals surface area contributed by atoms with E-state index in [2.05, 4.69) is 13.8 Å². The Balaban J connectivity index is 1.86. The van der Waals surface area contributed by atoms with Crippen LogP contribution in [0.2, 0.25) is 0 Å². The molecule has 2 aliphatic rings. The van der Waals surface area contributed by atoms with Gasteiger partial charge in [-0.05, 0) is 13.8 Å². The van der Waals surface area contributed by atoms with Crippen LogP contribution in [0.5, 0.6) is 0 Å². The van der Waals surface area contributed by atoms with Gasteiger partial charge in [0.25, 0.3) is 0 Å². The van der Waals surface area contributed by atoms with E-state index in [-0.39, 0.29) is 6.10 Å².